The number of likely N-dealkylation sites (tertiary alicyclic amines) is 1. The third kappa shape index (κ3) is 2.71. The lowest BCUT2D eigenvalue weighted by Crippen LogP contribution is -2.52. The molecule has 7 heteroatoms. The predicted molar refractivity (Wildman–Crippen MR) is 94.6 cm³/mol. The number of nitro benzene ring substituents is 1. The van der Waals surface area contributed by atoms with Crippen molar-refractivity contribution in [1.29, 1.82) is 0 Å². The van der Waals surface area contributed by atoms with Crippen LogP contribution >= 0.6 is 0 Å². The maximum atomic E-state index is 12.8. The first kappa shape index (κ1) is 16.3. The molecule has 0 spiro atoms. The van der Waals surface area contributed by atoms with Crippen molar-refractivity contribution in [3.05, 3.63) is 70.3 Å². The molecule has 132 valence electrons. The number of nitro groups is 1. The SMILES string of the molecule is O=C(Cc1ccccc1)N1CC2CC1C(=O)N2c1ccc([N+](=O)[O-])cc1. The third-order valence-corrected chi connectivity index (χ3v) is 5.02. The first-order valence-electron chi connectivity index (χ1n) is 8.45. The molecule has 2 atom stereocenters. The van der Waals surface area contributed by atoms with Gasteiger partial charge in [0.15, 0.2) is 0 Å². The summed E-state index contributed by atoms with van der Waals surface area (Å²) in [7, 11) is 0. The number of nitrogens with zero attached hydrogens (tertiary/aromatic N) is 3. The van der Waals surface area contributed by atoms with E-state index in [9.17, 15) is 19.7 Å². The maximum Gasteiger partial charge on any atom is 0.269 e. The molecule has 7 nitrogen and oxygen atoms in total. The minimum absolute atomic E-state index is 0.00905. The van der Waals surface area contributed by atoms with Crippen molar-refractivity contribution in [3.8, 4) is 0 Å². The van der Waals surface area contributed by atoms with E-state index in [-0.39, 0.29) is 30.0 Å². The summed E-state index contributed by atoms with van der Waals surface area (Å²) >= 11 is 0. The molecule has 2 unspecified atom stereocenters. The number of anilines is 1. The average molecular weight is 351 g/mol. The average Bonchev–Trinajstić information content (AvgIpc) is 3.21. The molecule has 2 bridgehead atoms. The highest BCUT2D eigenvalue weighted by Crippen LogP contribution is 2.36. The van der Waals surface area contributed by atoms with Crippen LogP contribution in [0.1, 0.15) is 12.0 Å². The molecule has 2 heterocycles. The fourth-order valence-electron chi connectivity index (χ4n) is 3.80. The fourth-order valence-corrected chi connectivity index (χ4v) is 3.80. The molecule has 4 rings (SSSR count). The van der Waals surface area contributed by atoms with Crippen molar-refractivity contribution in [2.24, 2.45) is 0 Å². The summed E-state index contributed by atoms with van der Waals surface area (Å²) in [5.41, 5.74) is 1.56. The number of non-ortho nitro benzene ring substituents is 1. The van der Waals surface area contributed by atoms with E-state index in [1.807, 2.05) is 30.3 Å². The zero-order chi connectivity index (χ0) is 18.3. The molecular formula is C19H17N3O4. The molecule has 0 aromatic heterocycles. The van der Waals surface area contributed by atoms with E-state index in [0.29, 0.717) is 18.7 Å². The number of rotatable bonds is 4. The van der Waals surface area contributed by atoms with Crippen LogP contribution in [0, 0.1) is 10.1 Å². The first-order chi connectivity index (χ1) is 12.5. The first-order valence-corrected chi connectivity index (χ1v) is 8.45. The molecule has 2 aliphatic rings. The number of benzene rings is 2. The lowest BCUT2D eigenvalue weighted by atomic mass is 10.1. The van der Waals surface area contributed by atoms with E-state index in [2.05, 4.69) is 0 Å². The van der Waals surface area contributed by atoms with Crippen LogP contribution in [0.3, 0.4) is 0 Å². The van der Waals surface area contributed by atoms with Gasteiger partial charge in [-0.05, 0) is 24.1 Å². The number of piperazine rings is 1. The van der Waals surface area contributed by atoms with Gasteiger partial charge in [0.1, 0.15) is 6.04 Å². The van der Waals surface area contributed by atoms with E-state index in [1.54, 1.807) is 21.9 Å². The van der Waals surface area contributed by atoms with Gasteiger partial charge in [0.05, 0.1) is 17.4 Å². The Morgan fingerprint density at radius 1 is 1.12 bits per heavy atom. The highest BCUT2D eigenvalue weighted by Gasteiger charge is 2.51. The summed E-state index contributed by atoms with van der Waals surface area (Å²) in [5, 5.41) is 10.8. The van der Waals surface area contributed by atoms with E-state index >= 15 is 0 Å². The van der Waals surface area contributed by atoms with E-state index in [4.69, 9.17) is 0 Å². The summed E-state index contributed by atoms with van der Waals surface area (Å²) in [6.07, 6.45) is 0.894. The van der Waals surface area contributed by atoms with Crippen LogP contribution in [0.2, 0.25) is 0 Å². The highest BCUT2D eigenvalue weighted by molar-refractivity contribution is 6.03. The van der Waals surface area contributed by atoms with Gasteiger partial charge in [0.25, 0.3) is 5.69 Å². The van der Waals surface area contributed by atoms with Gasteiger partial charge in [-0.3, -0.25) is 19.7 Å². The largest absolute Gasteiger partial charge is 0.328 e. The molecule has 0 saturated carbocycles. The van der Waals surface area contributed by atoms with Crippen molar-refractivity contribution >= 4 is 23.2 Å². The van der Waals surface area contributed by atoms with E-state index in [1.165, 1.54) is 12.1 Å². The van der Waals surface area contributed by atoms with E-state index in [0.717, 1.165) is 5.56 Å². The van der Waals surface area contributed by atoms with Crippen molar-refractivity contribution in [3.63, 3.8) is 0 Å². The second kappa shape index (κ2) is 6.25. The van der Waals surface area contributed by atoms with Crippen LogP contribution in [0.5, 0.6) is 0 Å². The Labute approximate surface area is 150 Å². The van der Waals surface area contributed by atoms with Crippen molar-refractivity contribution in [1.82, 2.24) is 4.90 Å². The lowest BCUT2D eigenvalue weighted by molar-refractivity contribution is -0.384. The molecule has 2 amide bonds. The Balaban J connectivity index is 1.48. The summed E-state index contributed by atoms with van der Waals surface area (Å²) in [5.74, 6) is -0.156. The predicted octanol–water partition coefficient (Wildman–Crippen LogP) is 2.15. The van der Waals surface area contributed by atoms with Gasteiger partial charge < -0.3 is 9.80 Å². The maximum absolute atomic E-state index is 12.8. The van der Waals surface area contributed by atoms with Crippen molar-refractivity contribution < 1.29 is 14.5 Å². The molecule has 2 aromatic rings. The van der Waals surface area contributed by atoms with Gasteiger partial charge in [-0.25, -0.2) is 0 Å². The monoisotopic (exact) mass is 351 g/mol. The number of hydrogen-bond donors (Lipinski definition) is 0. The van der Waals surface area contributed by atoms with Gasteiger partial charge in [0, 0.05) is 24.4 Å². The topological polar surface area (TPSA) is 83.8 Å². The Morgan fingerprint density at radius 3 is 2.42 bits per heavy atom. The van der Waals surface area contributed by atoms with Gasteiger partial charge in [0.2, 0.25) is 11.8 Å². The molecule has 0 radical (unpaired) electrons. The highest BCUT2D eigenvalue weighted by atomic mass is 16.6. The molecular weight excluding hydrogens is 334 g/mol. The minimum Gasteiger partial charge on any atom is -0.328 e. The summed E-state index contributed by atoms with van der Waals surface area (Å²) in [6.45, 7) is 0.499. The normalized spacial score (nSPS) is 21.3. The number of carbonyl (C=O) groups excluding carboxylic acids is 2. The molecule has 0 N–H and O–H groups in total. The summed E-state index contributed by atoms with van der Waals surface area (Å²) in [4.78, 5) is 39.0. The van der Waals surface area contributed by atoms with Crippen molar-refractivity contribution in [2.75, 3.05) is 11.4 Å². The summed E-state index contributed by atoms with van der Waals surface area (Å²) < 4.78 is 0. The van der Waals surface area contributed by atoms with Crippen LogP contribution in [0.4, 0.5) is 11.4 Å². The zero-order valence-corrected chi connectivity index (χ0v) is 13.9. The fraction of sp³-hybridized carbons (Fsp3) is 0.263. The van der Waals surface area contributed by atoms with Crippen LogP contribution in [-0.2, 0) is 16.0 Å². The second-order valence-electron chi connectivity index (χ2n) is 6.60. The molecule has 0 aliphatic carbocycles. The minimum atomic E-state index is -0.467. The van der Waals surface area contributed by atoms with Crippen molar-refractivity contribution in [2.45, 2.75) is 24.9 Å². The number of fused-ring (bicyclic) bond motifs is 2. The number of carbonyl (C=O) groups is 2. The number of amides is 2. The molecule has 2 aliphatic heterocycles. The molecule has 2 aromatic carbocycles. The summed E-state index contributed by atoms with van der Waals surface area (Å²) in [6, 6.07) is 14.9. The van der Waals surface area contributed by atoms with Gasteiger partial charge in [-0.15, -0.1) is 0 Å². The Kier molecular flexibility index (Phi) is 3.91. The Hall–Kier alpha value is -3.22. The van der Waals surface area contributed by atoms with Crippen LogP contribution < -0.4 is 4.90 Å². The van der Waals surface area contributed by atoms with Crippen LogP contribution in [-0.4, -0.2) is 40.3 Å². The zero-order valence-electron chi connectivity index (χ0n) is 13.9. The smallest absolute Gasteiger partial charge is 0.269 e. The molecule has 2 fully saturated rings. The van der Waals surface area contributed by atoms with Gasteiger partial charge in [-0.1, -0.05) is 30.3 Å². The van der Waals surface area contributed by atoms with Gasteiger partial charge >= 0.3 is 0 Å². The Morgan fingerprint density at radius 2 is 1.81 bits per heavy atom. The third-order valence-electron chi connectivity index (χ3n) is 5.02. The molecule has 26 heavy (non-hydrogen) atoms. The quantitative estimate of drug-likeness (QED) is 0.624. The molecule has 2 saturated heterocycles. The van der Waals surface area contributed by atoms with Crippen LogP contribution in [0.25, 0.3) is 0 Å². The standard InChI is InChI=1S/C19H17N3O4/c23-18(10-13-4-2-1-3-5-13)20-12-16-11-17(20)19(24)21(16)14-6-8-15(9-7-14)22(25)26/h1-9,16-17H,10-12H2. The second-order valence-corrected chi connectivity index (χ2v) is 6.60. The lowest BCUT2D eigenvalue weighted by Gasteiger charge is -2.34. The van der Waals surface area contributed by atoms with Gasteiger partial charge in [-0.2, -0.15) is 0 Å². The van der Waals surface area contributed by atoms with Crippen LogP contribution in [0.15, 0.2) is 54.6 Å². The van der Waals surface area contributed by atoms with E-state index < -0.39 is 11.0 Å². The number of hydrogen-bond acceptors (Lipinski definition) is 4. The Bertz CT molecular complexity index is 866.